The fraction of sp³-hybridized carbons (Fsp3) is 0.455. The number of anilines is 1. The number of benzene rings is 1. The number of rotatable bonds is 8. The molecule has 0 radical (unpaired) electrons. The second kappa shape index (κ2) is 10.5. The van der Waals surface area contributed by atoms with Crippen molar-refractivity contribution < 1.29 is 19.1 Å². The van der Waals surface area contributed by atoms with Gasteiger partial charge in [0.15, 0.2) is 11.5 Å². The highest BCUT2D eigenvalue weighted by atomic mass is 32.1. The van der Waals surface area contributed by atoms with Gasteiger partial charge in [0.25, 0.3) is 5.91 Å². The Bertz CT molecular complexity index is 895. The minimum absolute atomic E-state index is 0.0573. The van der Waals surface area contributed by atoms with Crippen molar-refractivity contribution in [2.75, 3.05) is 53.3 Å². The van der Waals surface area contributed by atoms with E-state index in [9.17, 15) is 9.59 Å². The second-order valence-corrected chi connectivity index (χ2v) is 8.56. The zero-order valence-electron chi connectivity index (χ0n) is 18.4. The van der Waals surface area contributed by atoms with E-state index < -0.39 is 0 Å². The maximum absolute atomic E-state index is 13.1. The minimum atomic E-state index is -0.383. The number of likely N-dealkylation sites (tertiary alicyclic amines) is 1. The summed E-state index contributed by atoms with van der Waals surface area (Å²) in [5, 5.41) is 7.77. The van der Waals surface area contributed by atoms with Crippen LogP contribution in [0.1, 0.15) is 34.1 Å². The van der Waals surface area contributed by atoms with Gasteiger partial charge in [0.2, 0.25) is 0 Å². The quantitative estimate of drug-likeness (QED) is 0.649. The van der Waals surface area contributed by atoms with Gasteiger partial charge in [0.05, 0.1) is 31.5 Å². The number of nitrogens with one attached hydrogen (secondary N) is 2. The van der Waals surface area contributed by atoms with Crippen LogP contribution in [-0.4, -0.2) is 69.7 Å². The lowest BCUT2D eigenvalue weighted by molar-refractivity contribution is 0.0793. The summed E-state index contributed by atoms with van der Waals surface area (Å²) in [7, 11) is 7.00. The maximum Gasteiger partial charge on any atom is 0.319 e. The number of carbonyl (C=O) groups excluding carboxylic acids is 2. The average molecular weight is 447 g/mol. The van der Waals surface area contributed by atoms with Crippen molar-refractivity contribution in [2.45, 2.75) is 18.9 Å². The van der Waals surface area contributed by atoms with Crippen molar-refractivity contribution in [2.24, 2.45) is 0 Å². The van der Waals surface area contributed by atoms with Gasteiger partial charge >= 0.3 is 6.03 Å². The van der Waals surface area contributed by atoms with Gasteiger partial charge in [-0.15, -0.1) is 11.3 Å². The number of nitrogens with zero attached hydrogens (tertiary/aromatic N) is 2. The van der Waals surface area contributed by atoms with Gasteiger partial charge in [-0.2, -0.15) is 0 Å². The summed E-state index contributed by atoms with van der Waals surface area (Å²) in [6.07, 6.45) is 1.97. The monoisotopic (exact) mass is 446 g/mol. The van der Waals surface area contributed by atoms with Crippen LogP contribution in [0.5, 0.6) is 11.5 Å². The summed E-state index contributed by atoms with van der Waals surface area (Å²) in [5.74, 6) is 0.764. The van der Waals surface area contributed by atoms with Crippen LogP contribution in [0, 0.1) is 0 Å². The third-order valence-electron chi connectivity index (χ3n) is 5.35. The summed E-state index contributed by atoms with van der Waals surface area (Å²) < 4.78 is 10.7. The van der Waals surface area contributed by atoms with E-state index in [-0.39, 0.29) is 18.0 Å². The Labute approximate surface area is 187 Å². The minimum Gasteiger partial charge on any atom is -0.493 e. The first-order valence-corrected chi connectivity index (χ1v) is 11.1. The number of carbonyl (C=O) groups is 2. The summed E-state index contributed by atoms with van der Waals surface area (Å²) in [6.45, 7) is 1.86. The van der Waals surface area contributed by atoms with Gasteiger partial charge in [0.1, 0.15) is 0 Å². The highest BCUT2D eigenvalue weighted by Gasteiger charge is 2.25. The average Bonchev–Trinajstić information content (AvgIpc) is 3.47. The van der Waals surface area contributed by atoms with Crippen LogP contribution < -0.4 is 20.1 Å². The molecule has 1 atom stereocenters. The van der Waals surface area contributed by atoms with Crippen molar-refractivity contribution in [3.63, 3.8) is 0 Å². The summed E-state index contributed by atoms with van der Waals surface area (Å²) >= 11 is 1.65. The molecule has 1 aromatic carbocycles. The van der Waals surface area contributed by atoms with E-state index in [1.165, 1.54) is 19.1 Å². The summed E-state index contributed by atoms with van der Waals surface area (Å²) in [5.41, 5.74) is 0.779. The molecule has 0 unspecified atom stereocenters. The van der Waals surface area contributed by atoms with Crippen LogP contribution >= 0.6 is 11.3 Å². The highest BCUT2D eigenvalue weighted by molar-refractivity contribution is 7.10. The molecule has 1 aliphatic heterocycles. The molecule has 1 fully saturated rings. The molecule has 1 aromatic heterocycles. The Kier molecular flexibility index (Phi) is 7.75. The molecule has 3 rings (SSSR count). The first kappa shape index (κ1) is 22.9. The van der Waals surface area contributed by atoms with Crippen LogP contribution in [0.4, 0.5) is 10.5 Å². The van der Waals surface area contributed by atoms with Crippen molar-refractivity contribution in [3.05, 3.63) is 40.1 Å². The van der Waals surface area contributed by atoms with E-state index in [1.54, 1.807) is 28.4 Å². The molecule has 1 saturated heterocycles. The molecule has 1 aliphatic rings. The Balaban J connectivity index is 1.78. The zero-order chi connectivity index (χ0) is 22.4. The smallest absolute Gasteiger partial charge is 0.319 e. The molecular formula is C22H30N4O4S. The lowest BCUT2D eigenvalue weighted by Gasteiger charge is -2.24. The molecule has 8 nitrogen and oxygen atoms in total. The Morgan fingerprint density at radius 1 is 1.16 bits per heavy atom. The van der Waals surface area contributed by atoms with Crippen LogP contribution in [-0.2, 0) is 0 Å². The van der Waals surface area contributed by atoms with Gasteiger partial charge in [-0.25, -0.2) is 4.79 Å². The van der Waals surface area contributed by atoms with Gasteiger partial charge < -0.3 is 29.9 Å². The number of hydrogen-bond acceptors (Lipinski definition) is 6. The lowest BCUT2D eigenvalue weighted by Crippen LogP contribution is -2.37. The van der Waals surface area contributed by atoms with Crippen LogP contribution in [0.25, 0.3) is 0 Å². The molecule has 2 aromatic rings. The summed E-state index contributed by atoms with van der Waals surface area (Å²) in [4.78, 5) is 30.8. The molecule has 2 heterocycles. The molecule has 3 amide bonds. The van der Waals surface area contributed by atoms with Gasteiger partial charge in [-0.3, -0.25) is 4.79 Å². The Morgan fingerprint density at radius 2 is 1.84 bits per heavy atom. The number of hydrogen-bond donors (Lipinski definition) is 2. The second-order valence-electron chi connectivity index (χ2n) is 7.58. The highest BCUT2D eigenvalue weighted by Crippen LogP contribution is 2.34. The van der Waals surface area contributed by atoms with E-state index >= 15 is 0 Å². The fourth-order valence-corrected chi connectivity index (χ4v) is 4.55. The van der Waals surface area contributed by atoms with Crippen LogP contribution in [0.15, 0.2) is 29.6 Å². The third-order valence-corrected chi connectivity index (χ3v) is 6.32. The molecule has 9 heteroatoms. The molecule has 0 bridgehead atoms. The predicted octanol–water partition coefficient (Wildman–Crippen LogP) is 3.43. The van der Waals surface area contributed by atoms with E-state index in [0.29, 0.717) is 42.4 Å². The van der Waals surface area contributed by atoms with Crippen LogP contribution in [0.3, 0.4) is 0 Å². The van der Waals surface area contributed by atoms with E-state index in [1.807, 2.05) is 25.5 Å². The van der Waals surface area contributed by atoms with Crippen molar-refractivity contribution in [1.82, 2.24) is 15.1 Å². The maximum atomic E-state index is 13.1. The van der Waals surface area contributed by atoms with E-state index in [2.05, 4.69) is 21.6 Å². The number of ether oxygens (including phenoxy) is 2. The standard InChI is InChI=1S/C22H30N4O4S/c1-25(2)17(20-8-7-11-31-20)14-23-22(28)24-16-13-19(30-4)18(29-3)12-15(16)21(27)26-9-5-6-10-26/h7-8,11-13,17H,5-6,9-10,14H2,1-4H3,(H2,23,24,28)/t17-/m1/s1. The molecular weight excluding hydrogens is 416 g/mol. The van der Waals surface area contributed by atoms with E-state index in [0.717, 1.165) is 12.8 Å². The number of urea groups is 1. The first-order chi connectivity index (χ1) is 14.9. The number of likely N-dealkylation sites (N-methyl/N-ethyl adjacent to an activating group) is 1. The normalized spacial score (nSPS) is 14.4. The van der Waals surface area contributed by atoms with Gasteiger partial charge in [-0.1, -0.05) is 6.07 Å². The molecule has 168 valence electrons. The zero-order valence-corrected chi connectivity index (χ0v) is 19.3. The van der Waals surface area contributed by atoms with Crippen molar-refractivity contribution in [1.29, 1.82) is 0 Å². The molecule has 31 heavy (non-hydrogen) atoms. The topological polar surface area (TPSA) is 83.1 Å². The predicted molar refractivity (Wildman–Crippen MR) is 122 cm³/mol. The van der Waals surface area contributed by atoms with Crippen molar-refractivity contribution in [3.8, 4) is 11.5 Å². The number of amides is 3. The lowest BCUT2D eigenvalue weighted by atomic mass is 10.1. The molecule has 0 saturated carbocycles. The summed E-state index contributed by atoms with van der Waals surface area (Å²) in [6, 6.07) is 6.98. The van der Waals surface area contributed by atoms with Crippen LogP contribution in [0.2, 0.25) is 0 Å². The molecule has 0 aliphatic carbocycles. The Hall–Kier alpha value is -2.78. The molecule has 0 spiro atoms. The Morgan fingerprint density at radius 3 is 2.42 bits per heavy atom. The number of thiophene rings is 1. The molecule has 2 N–H and O–H groups in total. The third kappa shape index (κ3) is 5.48. The first-order valence-electron chi connectivity index (χ1n) is 10.2. The van der Waals surface area contributed by atoms with Crippen molar-refractivity contribution >= 4 is 29.0 Å². The fourth-order valence-electron chi connectivity index (χ4n) is 3.62. The largest absolute Gasteiger partial charge is 0.493 e. The number of methoxy groups -OCH3 is 2. The SMILES string of the molecule is COc1cc(NC(=O)NC[C@H](c2cccs2)N(C)C)c(C(=O)N2CCCC2)cc1OC. The van der Waals surface area contributed by atoms with E-state index in [4.69, 9.17) is 9.47 Å². The van der Waals surface area contributed by atoms with Gasteiger partial charge in [0, 0.05) is 30.6 Å². The van der Waals surface area contributed by atoms with Gasteiger partial charge in [-0.05, 0) is 44.4 Å².